The van der Waals surface area contributed by atoms with Gasteiger partial charge in [-0.15, -0.1) is 0 Å². The summed E-state index contributed by atoms with van der Waals surface area (Å²) in [5.41, 5.74) is -0.0217. The molecule has 1 aromatic heterocycles. The van der Waals surface area contributed by atoms with Crippen LogP contribution < -0.4 is 0 Å². The maximum Gasteiger partial charge on any atom is 0.356 e. The van der Waals surface area contributed by atoms with Crippen molar-refractivity contribution >= 4 is 17.9 Å². The first-order valence-corrected chi connectivity index (χ1v) is 4.87. The number of rotatable bonds is 4. The van der Waals surface area contributed by atoms with Crippen LogP contribution in [0.5, 0.6) is 0 Å². The summed E-state index contributed by atoms with van der Waals surface area (Å²) in [7, 11) is 2.34. The van der Waals surface area contributed by atoms with Gasteiger partial charge in [-0.2, -0.15) is 0 Å². The molecule has 1 aromatic rings. The minimum absolute atomic E-state index is 0.0455. The SMILES string of the molecule is COC(=O)c1cc(CC(=O)O)nc(C(=O)OC)c1. The zero-order valence-electron chi connectivity index (χ0n) is 9.80. The van der Waals surface area contributed by atoms with Crippen molar-refractivity contribution in [3.05, 3.63) is 29.1 Å². The van der Waals surface area contributed by atoms with Crippen molar-refractivity contribution in [3.63, 3.8) is 0 Å². The molecule has 0 amide bonds. The van der Waals surface area contributed by atoms with E-state index in [1.54, 1.807) is 0 Å². The van der Waals surface area contributed by atoms with Crippen LogP contribution in [0.1, 0.15) is 26.5 Å². The number of pyridine rings is 1. The Morgan fingerprint density at radius 1 is 1.17 bits per heavy atom. The Morgan fingerprint density at radius 3 is 2.28 bits per heavy atom. The van der Waals surface area contributed by atoms with Gasteiger partial charge in [-0.25, -0.2) is 14.6 Å². The normalized spacial score (nSPS) is 9.67. The molecule has 7 heteroatoms. The molecular weight excluding hydrogens is 242 g/mol. The first kappa shape index (κ1) is 13.6. The Bertz CT molecular complexity index is 462. The van der Waals surface area contributed by atoms with Crippen LogP contribution in [0.3, 0.4) is 0 Å². The number of aromatic nitrogens is 1. The Kier molecular flexibility index (Phi) is 4.36. The first-order valence-electron chi connectivity index (χ1n) is 4.87. The third-order valence-electron chi connectivity index (χ3n) is 2.03. The monoisotopic (exact) mass is 253 g/mol. The summed E-state index contributed by atoms with van der Waals surface area (Å²) in [4.78, 5) is 37.1. The number of carbonyl (C=O) groups excluding carboxylic acids is 2. The summed E-state index contributed by atoms with van der Waals surface area (Å²) < 4.78 is 8.96. The second-order valence-corrected chi connectivity index (χ2v) is 3.29. The Hall–Kier alpha value is -2.44. The van der Waals surface area contributed by atoms with Crippen LogP contribution in [0.2, 0.25) is 0 Å². The minimum Gasteiger partial charge on any atom is -0.481 e. The van der Waals surface area contributed by atoms with Crippen molar-refractivity contribution in [2.24, 2.45) is 0 Å². The lowest BCUT2D eigenvalue weighted by atomic mass is 10.1. The van der Waals surface area contributed by atoms with Crippen molar-refractivity contribution in [2.45, 2.75) is 6.42 Å². The van der Waals surface area contributed by atoms with E-state index in [2.05, 4.69) is 14.5 Å². The quantitative estimate of drug-likeness (QED) is 0.768. The predicted octanol–water partition coefficient (Wildman–Crippen LogP) is 0.282. The van der Waals surface area contributed by atoms with Crippen LogP contribution in [0, 0.1) is 0 Å². The smallest absolute Gasteiger partial charge is 0.356 e. The van der Waals surface area contributed by atoms with Crippen molar-refractivity contribution in [3.8, 4) is 0 Å². The van der Waals surface area contributed by atoms with Gasteiger partial charge in [-0.05, 0) is 12.1 Å². The third-order valence-corrected chi connectivity index (χ3v) is 2.03. The molecule has 0 spiro atoms. The first-order chi connectivity index (χ1) is 8.47. The van der Waals surface area contributed by atoms with Gasteiger partial charge in [-0.1, -0.05) is 0 Å². The Labute approximate surface area is 102 Å². The van der Waals surface area contributed by atoms with Gasteiger partial charge < -0.3 is 14.6 Å². The number of carboxylic acids is 1. The fourth-order valence-electron chi connectivity index (χ4n) is 1.28. The number of carboxylic acid groups (broad SMARTS) is 1. The summed E-state index contributed by atoms with van der Waals surface area (Å²) in [5.74, 6) is -2.57. The Morgan fingerprint density at radius 2 is 1.78 bits per heavy atom. The molecule has 96 valence electrons. The maximum absolute atomic E-state index is 11.4. The van der Waals surface area contributed by atoms with Crippen LogP contribution in [0.15, 0.2) is 12.1 Å². The van der Waals surface area contributed by atoms with Crippen LogP contribution in [0.4, 0.5) is 0 Å². The predicted molar refractivity (Wildman–Crippen MR) is 58.3 cm³/mol. The standard InChI is InChI=1S/C11H11NO6/c1-17-10(15)6-3-7(5-9(13)14)12-8(4-6)11(16)18-2/h3-4H,5H2,1-2H3,(H,13,14). The van der Waals surface area contributed by atoms with Gasteiger partial charge >= 0.3 is 17.9 Å². The number of esters is 2. The molecule has 0 fully saturated rings. The molecule has 0 saturated heterocycles. The molecule has 1 heterocycles. The minimum atomic E-state index is -1.12. The molecule has 1 N–H and O–H groups in total. The van der Waals surface area contributed by atoms with Crippen molar-refractivity contribution in [2.75, 3.05) is 14.2 Å². The molecule has 0 aromatic carbocycles. The van der Waals surface area contributed by atoms with Crippen molar-refractivity contribution in [1.29, 1.82) is 0 Å². The van der Waals surface area contributed by atoms with Gasteiger partial charge in [0.1, 0.15) is 5.69 Å². The highest BCUT2D eigenvalue weighted by Gasteiger charge is 2.16. The highest BCUT2D eigenvalue weighted by Crippen LogP contribution is 2.09. The number of aliphatic carboxylic acids is 1. The fraction of sp³-hybridized carbons (Fsp3) is 0.273. The van der Waals surface area contributed by atoms with E-state index >= 15 is 0 Å². The van der Waals surface area contributed by atoms with Crippen molar-refractivity contribution < 1.29 is 29.0 Å². The van der Waals surface area contributed by atoms with Gasteiger partial charge in [0.2, 0.25) is 0 Å². The van der Waals surface area contributed by atoms with E-state index in [9.17, 15) is 14.4 Å². The van der Waals surface area contributed by atoms with E-state index in [0.29, 0.717) is 0 Å². The second-order valence-electron chi connectivity index (χ2n) is 3.29. The highest BCUT2D eigenvalue weighted by atomic mass is 16.5. The molecule has 0 atom stereocenters. The van der Waals surface area contributed by atoms with Gasteiger partial charge in [0.15, 0.2) is 0 Å². The average molecular weight is 253 g/mol. The molecule has 0 aliphatic carbocycles. The summed E-state index contributed by atoms with van der Waals surface area (Å²) in [5, 5.41) is 8.67. The number of nitrogens with zero attached hydrogens (tertiary/aromatic N) is 1. The molecule has 0 radical (unpaired) electrons. The number of hydrogen-bond donors (Lipinski definition) is 1. The lowest BCUT2D eigenvalue weighted by molar-refractivity contribution is -0.136. The zero-order valence-corrected chi connectivity index (χ0v) is 9.80. The molecule has 0 bridgehead atoms. The number of carbonyl (C=O) groups is 3. The lowest BCUT2D eigenvalue weighted by Crippen LogP contribution is -2.12. The molecule has 0 saturated carbocycles. The van der Waals surface area contributed by atoms with E-state index in [1.807, 2.05) is 0 Å². The van der Waals surface area contributed by atoms with Gasteiger partial charge in [0, 0.05) is 0 Å². The van der Waals surface area contributed by atoms with Crippen LogP contribution in [-0.2, 0) is 20.7 Å². The van der Waals surface area contributed by atoms with Crippen LogP contribution in [-0.4, -0.2) is 42.2 Å². The average Bonchev–Trinajstić information content (AvgIpc) is 2.35. The molecule has 0 aliphatic rings. The van der Waals surface area contributed by atoms with E-state index in [0.717, 1.165) is 7.11 Å². The lowest BCUT2D eigenvalue weighted by Gasteiger charge is -2.05. The van der Waals surface area contributed by atoms with Crippen LogP contribution >= 0.6 is 0 Å². The highest BCUT2D eigenvalue weighted by molar-refractivity contribution is 5.94. The largest absolute Gasteiger partial charge is 0.481 e. The second kappa shape index (κ2) is 5.76. The summed E-state index contributed by atoms with van der Waals surface area (Å²) in [6.45, 7) is 0. The van der Waals surface area contributed by atoms with Gasteiger partial charge in [0.05, 0.1) is 31.9 Å². The zero-order chi connectivity index (χ0) is 13.7. The number of ether oxygens (including phenoxy) is 2. The fourth-order valence-corrected chi connectivity index (χ4v) is 1.28. The van der Waals surface area contributed by atoms with E-state index < -0.39 is 24.3 Å². The summed E-state index contributed by atoms with van der Waals surface area (Å²) in [6.07, 6.45) is -0.408. The topological polar surface area (TPSA) is 103 Å². The molecule has 18 heavy (non-hydrogen) atoms. The van der Waals surface area contributed by atoms with E-state index in [4.69, 9.17) is 5.11 Å². The van der Waals surface area contributed by atoms with Crippen molar-refractivity contribution in [1.82, 2.24) is 4.98 Å². The third kappa shape index (κ3) is 3.27. The molecular formula is C11H11NO6. The molecule has 0 aliphatic heterocycles. The number of methoxy groups -OCH3 is 2. The Balaban J connectivity index is 3.23. The summed E-state index contributed by atoms with van der Waals surface area (Å²) in [6, 6.07) is 2.44. The van der Waals surface area contributed by atoms with E-state index in [1.165, 1.54) is 19.2 Å². The van der Waals surface area contributed by atoms with Crippen LogP contribution in [0.25, 0.3) is 0 Å². The molecule has 0 unspecified atom stereocenters. The van der Waals surface area contributed by atoms with E-state index in [-0.39, 0.29) is 17.0 Å². The van der Waals surface area contributed by atoms with Gasteiger partial charge in [-0.3, -0.25) is 4.79 Å². The summed E-state index contributed by atoms with van der Waals surface area (Å²) >= 11 is 0. The van der Waals surface area contributed by atoms with Gasteiger partial charge in [0.25, 0.3) is 0 Å². The maximum atomic E-state index is 11.4. The number of hydrogen-bond acceptors (Lipinski definition) is 6. The molecule has 7 nitrogen and oxygen atoms in total. The molecule has 1 rings (SSSR count).